The highest BCUT2D eigenvalue weighted by Crippen LogP contribution is 2.41. The van der Waals surface area contributed by atoms with Gasteiger partial charge in [-0.05, 0) is 45.6 Å². The highest BCUT2D eigenvalue weighted by Gasteiger charge is 2.41. The first kappa shape index (κ1) is 16.4. The Labute approximate surface area is 127 Å². The van der Waals surface area contributed by atoms with Gasteiger partial charge in [0, 0.05) is 13.2 Å². The summed E-state index contributed by atoms with van der Waals surface area (Å²) in [6.45, 7) is 6.57. The molecule has 1 aliphatic rings. The van der Waals surface area contributed by atoms with Crippen LogP contribution in [0.2, 0.25) is 0 Å². The Balaban J connectivity index is 2.25. The van der Waals surface area contributed by atoms with Crippen molar-refractivity contribution in [2.45, 2.75) is 70.4 Å². The number of nitrogens with zero attached hydrogens (tertiary/aromatic N) is 2. The van der Waals surface area contributed by atoms with Gasteiger partial charge in [-0.15, -0.1) is 0 Å². The van der Waals surface area contributed by atoms with Crippen LogP contribution in [-0.4, -0.2) is 30.3 Å². The van der Waals surface area contributed by atoms with Crippen LogP contribution in [0.25, 0.3) is 0 Å². The van der Waals surface area contributed by atoms with E-state index >= 15 is 0 Å². The zero-order valence-electron chi connectivity index (χ0n) is 14.0. The third kappa shape index (κ3) is 3.29. The number of rotatable bonds is 6. The molecule has 5 heteroatoms. The molecule has 21 heavy (non-hydrogen) atoms. The van der Waals surface area contributed by atoms with Crippen LogP contribution in [0.15, 0.2) is 4.52 Å². The Bertz CT molecular complexity index is 448. The normalized spacial score (nSPS) is 29.3. The molecule has 0 bridgehead atoms. The molecule has 1 N–H and O–H groups in total. The van der Waals surface area contributed by atoms with Crippen LogP contribution in [0.4, 0.5) is 0 Å². The van der Waals surface area contributed by atoms with Crippen LogP contribution < -0.4 is 5.32 Å². The maximum atomic E-state index is 5.85. The lowest BCUT2D eigenvalue weighted by Crippen LogP contribution is -2.35. The minimum atomic E-state index is -0.361. The second-order valence-electron chi connectivity index (χ2n) is 6.45. The number of hydrogen-bond acceptors (Lipinski definition) is 5. The topological polar surface area (TPSA) is 60.2 Å². The zero-order valence-corrected chi connectivity index (χ0v) is 14.0. The third-order valence-electron chi connectivity index (χ3n) is 5.01. The second kappa shape index (κ2) is 6.88. The quantitative estimate of drug-likeness (QED) is 0.873. The van der Waals surface area contributed by atoms with E-state index in [0.717, 1.165) is 37.4 Å². The summed E-state index contributed by atoms with van der Waals surface area (Å²) in [7, 11) is 3.73. The minimum absolute atomic E-state index is 0.242. The fraction of sp³-hybridized carbons (Fsp3) is 0.875. The van der Waals surface area contributed by atoms with Gasteiger partial charge in [0.2, 0.25) is 11.7 Å². The van der Waals surface area contributed by atoms with E-state index in [1.54, 1.807) is 7.11 Å². The summed E-state index contributed by atoms with van der Waals surface area (Å²) in [5, 5.41) is 7.54. The molecule has 0 spiro atoms. The molecule has 1 aromatic heterocycles. The molecule has 1 aromatic rings. The van der Waals surface area contributed by atoms with E-state index in [4.69, 9.17) is 14.2 Å². The van der Waals surface area contributed by atoms with Crippen LogP contribution in [0.1, 0.15) is 70.5 Å². The van der Waals surface area contributed by atoms with E-state index in [0.29, 0.717) is 12.0 Å². The first-order valence-electron chi connectivity index (χ1n) is 8.12. The molecule has 0 radical (unpaired) electrons. The molecule has 0 aliphatic heterocycles. The standard InChI is InChI=1S/C16H29N3O2/c1-6-13(12(3)17-4)14-18-15(19-21-14)16(20-5)9-7-8-11(2)10-16/h11-13,17H,6-10H2,1-5H3. The maximum Gasteiger partial charge on any atom is 0.231 e. The second-order valence-corrected chi connectivity index (χ2v) is 6.45. The van der Waals surface area contributed by atoms with Crippen LogP contribution in [-0.2, 0) is 10.3 Å². The van der Waals surface area contributed by atoms with Crippen molar-refractivity contribution in [1.29, 1.82) is 0 Å². The average molecular weight is 295 g/mol. The van der Waals surface area contributed by atoms with Gasteiger partial charge >= 0.3 is 0 Å². The van der Waals surface area contributed by atoms with Crippen LogP contribution in [0.3, 0.4) is 0 Å². The smallest absolute Gasteiger partial charge is 0.231 e. The van der Waals surface area contributed by atoms with Crippen molar-refractivity contribution in [3.63, 3.8) is 0 Å². The summed E-state index contributed by atoms with van der Waals surface area (Å²) in [6, 6.07) is 0.312. The summed E-state index contributed by atoms with van der Waals surface area (Å²) < 4.78 is 11.4. The highest BCUT2D eigenvalue weighted by atomic mass is 16.5. The molecule has 1 fully saturated rings. The van der Waals surface area contributed by atoms with Crippen molar-refractivity contribution < 1.29 is 9.26 Å². The molecule has 4 unspecified atom stereocenters. The fourth-order valence-corrected chi connectivity index (χ4v) is 3.50. The SMILES string of the molecule is CCC(c1nc(C2(OC)CCCC(C)C2)no1)C(C)NC. The number of aromatic nitrogens is 2. The molecule has 2 rings (SSSR count). The Kier molecular flexibility index (Phi) is 5.38. The van der Waals surface area contributed by atoms with Crippen molar-refractivity contribution >= 4 is 0 Å². The Hall–Kier alpha value is -0.940. The average Bonchev–Trinajstić information content (AvgIpc) is 2.97. The molecule has 1 aliphatic carbocycles. The molecule has 120 valence electrons. The molecule has 0 amide bonds. The van der Waals surface area contributed by atoms with E-state index in [2.05, 4.69) is 31.2 Å². The van der Waals surface area contributed by atoms with Gasteiger partial charge in [0.25, 0.3) is 0 Å². The van der Waals surface area contributed by atoms with Crippen molar-refractivity contribution in [3.05, 3.63) is 11.7 Å². The van der Waals surface area contributed by atoms with Crippen LogP contribution >= 0.6 is 0 Å². The van der Waals surface area contributed by atoms with Crippen molar-refractivity contribution in [2.24, 2.45) is 5.92 Å². The lowest BCUT2D eigenvalue weighted by atomic mass is 9.78. The van der Waals surface area contributed by atoms with Crippen molar-refractivity contribution in [1.82, 2.24) is 15.5 Å². The number of methoxy groups -OCH3 is 1. The van der Waals surface area contributed by atoms with Gasteiger partial charge in [-0.2, -0.15) is 4.98 Å². The summed E-state index contributed by atoms with van der Waals surface area (Å²) in [4.78, 5) is 4.71. The Morgan fingerprint density at radius 3 is 2.86 bits per heavy atom. The number of hydrogen-bond donors (Lipinski definition) is 1. The minimum Gasteiger partial charge on any atom is -0.370 e. The Morgan fingerprint density at radius 2 is 2.29 bits per heavy atom. The first-order valence-corrected chi connectivity index (χ1v) is 8.12. The lowest BCUT2D eigenvalue weighted by Gasteiger charge is -2.36. The number of nitrogens with one attached hydrogen (secondary N) is 1. The predicted molar refractivity (Wildman–Crippen MR) is 82.2 cm³/mol. The van der Waals surface area contributed by atoms with E-state index in [9.17, 15) is 0 Å². The highest BCUT2D eigenvalue weighted by molar-refractivity contribution is 5.07. The fourth-order valence-electron chi connectivity index (χ4n) is 3.50. The molecule has 1 heterocycles. The van der Waals surface area contributed by atoms with Gasteiger partial charge in [-0.1, -0.05) is 25.4 Å². The van der Waals surface area contributed by atoms with Gasteiger partial charge in [0.15, 0.2) is 0 Å². The molecular formula is C16H29N3O2. The number of ether oxygens (including phenoxy) is 1. The number of likely N-dealkylation sites (N-methyl/N-ethyl adjacent to an activating group) is 1. The monoisotopic (exact) mass is 295 g/mol. The lowest BCUT2D eigenvalue weighted by molar-refractivity contribution is -0.0658. The van der Waals surface area contributed by atoms with Crippen molar-refractivity contribution in [2.75, 3.05) is 14.2 Å². The van der Waals surface area contributed by atoms with Crippen LogP contribution in [0, 0.1) is 5.92 Å². The molecule has 1 saturated carbocycles. The Morgan fingerprint density at radius 1 is 1.52 bits per heavy atom. The molecule has 0 saturated heterocycles. The molecular weight excluding hydrogens is 266 g/mol. The third-order valence-corrected chi connectivity index (χ3v) is 5.01. The van der Waals surface area contributed by atoms with E-state index in [1.807, 2.05) is 7.05 Å². The van der Waals surface area contributed by atoms with Gasteiger partial charge in [0.1, 0.15) is 5.60 Å². The van der Waals surface area contributed by atoms with Crippen molar-refractivity contribution in [3.8, 4) is 0 Å². The van der Waals surface area contributed by atoms with Gasteiger partial charge in [0.05, 0.1) is 5.92 Å². The maximum absolute atomic E-state index is 5.85. The van der Waals surface area contributed by atoms with Gasteiger partial charge in [-0.3, -0.25) is 0 Å². The molecule has 0 aromatic carbocycles. The summed E-state index contributed by atoms with van der Waals surface area (Å²) in [5.74, 6) is 2.34. The summed E-state index contributed by atoms with van der Waals surface area (Å²) in [6.07, 6.45) is 5.33. The van der Waals surface area contributed by atoms with Gasteiger partial charge in [-0.25, -0.2) is 0 Å². The van der Waals surface area contributed by atoms with E-state index < -0.39 is 0 Å². The van der Waals surface area contributed by atoms with E-state index in [-0.39, 0.29) is 11.5 Å². The van der Waals surface area contributed by atoms with Crippen LogP contribution in [0.5, 0.6) is 0 Å². The summed E-state index contributed by atoms with van der Waals surface area (Å²) in [5.41, 5.74) is -0.361. The summed E-state index contributed by atoms with van der Waals surface area (Å²) >= 11 is 0. The first-order chi connectivity index (χ1) is 10.1. The van der Waals surface area contributed by atoms with Gasteiger partial charge < -0.3 is 14.6 Å². The largest absolute Gasteiger partial charge is 0.370 e. The molecule has 5 nitrogen and oxygen atoms in total. The zero-order chi connectivity index (χ0) is 15.5. The molecule has 4 atom stereocenters. The van der Waals surface area contributed by atoms with E-state index in [1.165, 1.54) is 6.42 Å². The predicted octanol–water partition coefficient (Wildman–Crippen LogP) is 3.22.